The number of ether oxygens (including phenoxy) is 1. The van der Waals surface area contributed by atoms with Crippen LogP contribution >= 0.6 is 0 Å². The van der Waals surface area contributed by atoms with Crippen LogP contribution < -0.4 is 4.74 Å². The summed E-state index contributed by atoms with van der Waals surface area (Å²) in [6.45, 7) is 0.154. The van der Waals surface area contributed by atoms with Crippen molar-refractivity contribution in [2.24, 2.45) is 0 Å². The number of para-hydroxylation sites is 2. The lowest BCUT2D eigenvalue weighted by Crippen LogP contribution is -2.42. The van der Waals surface area contributed by atoms with E-state index in [-0.39, 0.29) is 24.0 Å². The summed E-state index contributed by atoms with van der Waals surface area (Å²) in [5, 5.41) is 18.5. The summed E-state index contributed by atoms with van der Waals surface area (Å²) in [5.74, 6) is -1.21. The second kappa shape index (κ2) is 5.60. The number of nitrogens with zero attached hydrogens (tertiary/aromatic N) is 1. The predicted octanol–water partition coefficient (Wildman–Crippen LogP) is 0.847. The van der Waals surface area contributed by atoms with E-state index in [1.165, 1.54) is 11.0 Å². The Morgan fingerprint density at radius 3 is 2.79 bits per heavy atom. The number of benzene rings is 1. The summed E-state index contributed by atoms with van der Waals surface area (Å²) in [4.78, 5) is 24.2. The maximum Gasteiger partial charge on any atom is 0.326 e. The van der Waals surface area contributed by atoms with Crippen molar-refractivity contribution in [1.29, 1.82) is 0 Å². The van der Waals surface area contributed by atoms with Gasteiger partial charge in [0.05, 0.1) is 0 Å². The number of carboxylic acid groups (broad SMARTS) is 1. The van der Waals surface area contributed by atoms with Gasteiger partial charge >= 0.3 is 5.97 Å². The quantitative estimate of drug-likeness (QED) is 0.842. The predicted molar refractivity (Wildman–Crippen MR) is 66.0 cm³/mol. The number of hydrogen-bond acceptors (Lipinski definition) is 4. The van der Waals surface area contributed by atoms with Crippen LogP contribution in [0.5, 0.6) is 11.5 Å². The summed E-state index contributed by atoms with van der Waals surface area (Å²) in [5.41, 5.74) is 0. The molecule has 6 heteroatoms. The van der Waals surface area contributed by atoms with Gasteiger partial charge in [-0.25, -0.2) is 4.79 Å². The van der Waals surface area contributed by atoms with Gasteiger partial charge in [0.2, 0.25) is 0 Å². The van der Waals surface area contributed by atoms with E-state index < -0.39 is 12.0 Å². The third kappa shape index (κ3) is 2.96. The number of phenolic OH excluding ortho intramolecular Hbond substituents is 1. The smallest absolute Gasteiger partial charge is 0.326 e. The number of aliphatic carboxylic acids is 1. The second-order valence-electron chi connectivity index (χ2n) is 4.34. The van der Waals surface area contributed by atoms with E-state index >= 15 is 0 Å². The maximum absolute atomic E-state index is 11.9. The summed E-state index contributed by atoms with van der Waals surface area (Å²) >= 11 is 0. The molecule has 1 aliphatic rings. The summed E-state index contributed by atoms with van der Waals surface area (Å²) in [6.07, 6.45) is 1.15. The molecule has 102 valence electrons. The number of carbonyl (C=O) groups is 2. The minimum atomic E-state index is -0.992. The van der Waals surface area contributed by atoms with Crippen molar-refractivity contribution in [2.75, 3.05) is 13.2 Å². The topological polar surface area (TPSA) is 87.1 Å². The van der Waals surface area contributed by atoms with Crippen molar-refractivity contribution >= 4 is 11.9 Å². The zero-order chi connectivity index (χ0) is 13.8. The minimum absolute atomic E-state index is 0.0495. The highest BCUT2D eigenvalue weighted by Gasteiger charge is 2.33. The van der Waals surface area contributed by atoms with E-state index in [0.717, 1.165) is 0 Å². The first-order valence-corrected chi connectivity index (χ1v) is 6.02. The number of rotatable bonds is 4. The molecule has 2 rings (SSSR count). The summed E-state index contributed by atoms with van der Waals surface area (Å²) < 4.78 is 5.20. The van der Waals surface area contributed by atoms with E-state index in [9.17, 15) is 14.7 Å². The molecule has 1 aliphatic heterocycles. The Labute approximate surface area is 110 Å². The van der Waals surface area contributed by atoms with Crippen LogP contribution in [0.2, 0.25) is 0 Å². The number of aromatic hydroxyl groups is 1. The van der Waals surface area contributed by atoms with Gasteiger partial charge in [0.25, 0.3) is 5.91 Å². The number of hydrogen-bond donors (Lipinski definition) is 2. The van der Waals surface area contributed by atoms with Crippen molar-refractivity contribution < 1.29 is 24.5 Å². The monoisotopic (exact) mass is 265 g/mol. The van der Waals surface area contributed by atoms with E-state index in [4.69, 9.17) is 9.84 Å². The standard InChI is InChI=1S/C13H15NO5/c15-10-5-1-2-6-11(10)19-8-12(16)14-7-3-4-9(14)13(17)18/h1-2,5-6,9,15H,3-4,7-8H2,(H,17,18)/t9-/m0/s1. The molecule has 1 heterocycles. The van der Waals surface area contributed by atoms with Crippen molar-refractivity contribution in [1.82, 2.24) is 4.90 Å². The number of amides is 1. The van der Waals surface area contributed by atoms with Crippen LogP contribution in [-0.2, 0) is 9.59 Å². The van der Waals surface area contributed by atoms with Crippen LogP contribution in [-0.4, -0.2) is 46.2 Å². The largest absolute Gasteiger partial charge is 0.504 e. The van der Waals surface area contributed by atoms with Gasteiger partial charge in [0.1, 0.15) is 6.04 Å². The van der Waals surface area contributed by atoms with Gasteiger partial charge in [-0.3, -0.25) is 4.79 Å². The Kier molecular flexibility index (Phi) is 3.89. The van der Waals surface area contributed by atoms with Gasteiger partial charge in [0.15, 0.2) is 18.1 Å². The molecule has 1 saturated heterocycles. The number of carbonyl (C=O) groups excluding carboxylic acids is 1. The van der Waals surface area contributed by atoms with Crippen LogP contribution in [0.1, 0.15) is 12.8 Å². The molecule has 0 aromatic heterocycles. The van der Waals surface area contributed by atoms with Crippen LogP contribution in [0.15, 0.2) is 24.3 Å². The normalized spacial score (nSPS) is 18.3. The molecular formula is C13H15NO5. The Bertz CT molecular complexity index is 488. The number of carboxylic acids is 1. The highest BCUT2D eigenvalue weighted by Crippen LogP contribution is 2.24. The number of phenols is 1. The van der Waals surface area contributed by atoms with Crippen molar-refractivity contribution in [3.05, 3.63) is 24.3 Å². The number of likely N-dealkylation sites (tertiary alicyclic amines) is 1. The van der Waals surface area contributed by atoms with Crippen LogP contribution in [0.4, 0.5) is 0 Å². The molecular weight excluding hydrogens is 250 g/mol. The average molecular weight is 265 g/mol. The Morgan fingerprint density at radius 2 is 2.11 bits per heavy atom. The molecule has 0 unspecified atom stereocenters. The highest BCUT2D eigenvalue weighted by atomic mass is 16.5. The molecule has 0 bridgehead atoms. The van der Waals surface area contributed by atoms with Gasteiger partial charge in [-0.15, -0.1) is 0 Å². The Balaban J connectivity index is 1.95. The first-order chi connectivity index (χ1) is 9.09. The zero-order valence-corrected chi connectivity index (χ0v) is 10.3. The van der Waals surface area contributed by atoms with Crippen molar-refractivity contribution in [3.63, 3.8) is 0 Å². The van der Waals surface area contributed by atoms with E-state index in [1.54, 1.807) is 18.2 Å². The molecule has 1 atom stereocenters. The molecule has 1 aromatic carbocycles. The van der Waals surface area contributed by atoms with E-state index in [1.807, 2.05) is 0 Å². The fraction of sp³-hybridized carbons (Fsp3) is 0.385. The van der Waals surface area contributed by atoms with Crippen LogP contribution in [0, 0.1) is 0 Å². The average Bonchev–Trinajstić information content (AvgIpc) is 2.87. The zero-order valence-electron chi connectivity index (χ0n) is 10.3. The van der Waals surface area contributed by atoms with Gasteiger partial charge in [-0.2, -0.15) is 0 Å². The third-order valence-electron chi connectivity index (χ3n) is 3.07. The molecule has 1 aromatic rings. The molecule has 0 spiro atoms. The van der Waals surface area contributed by atoms with Gasteiger partial charge < -0.3 is 19.8 Å². The van der Waals surface area contributed by atoms with Crippen molar-refractivity contribution in [2.45, 2.75) is 18.9 Å². The van der Waals surface area contributed by atoms with Crippen molar-refractivity contribution in [3.8, 4) is 11.5 Å². The first-order valence-electron chi connectivity index (χ1n) is 6.02. The molecule has 0 radical (unpaired) electrons. The highest BCUT2D eigenvalue weighted by molar-refractivity contribution is 5.85. The molecule has 19 heavy (non-hydrogen) atoms. The SMILES string of the molecule is O=C(O)[C@@H]1CCCN1C(=O)COc1ccccc1O. The Hall–Kier alpha value is -2.24. The van der Waals surface area contributed by atoms with Gasteiger partial charge in [-0.1, -0.05) is 12.1 Å². The molecule has 6 nitrogen and oxygen atoms in total. The first kappa shape index (κ1) is 13.2. The third-order valence-corrected chi connectivity index (χ3v) is 3.07. The molecule has 0 saturated carbocycles. The van der Waals surface area contributed by atoms with E-state index in [2.05, 4.69) is 0 Å². The lowest BCUT2D eigenvalue weighted by Gasteiger charge is -2.21. The maximum atomic E-state index is 11.9. The molecule has 0 aliphatic carbocycles. The molecule has 2 N–H and O–H groups in total. The van der Waals surface area contributed by atoms with Crippen LogP contribution in [0.3, 0.4) is 0 Å². The summed E-state index contributed by atoms with van der Waals surface area (Å²) in [7, 11) is 0. The second-order valence-corrected chi connectivity index (χ2v) is 4.34. The van der Waals surface area contributed by atoms with E-state index in [0.29, 0.717) is 19.4 Å². The molecule has 1 fully saturated rings. The van der Waals surface area contributed by atoms with Gasteiger partial charge in [0, 0.05) is 6.54 Å². The fourth-order valence-electron chi connectivity index (χ4n) is 2.12. The summed E-state index contributed by atoms with van der Waals surface area (Å²) in [6, 6.07) is 5.55. The van der Waals surface area contributed by atoms with Gasteiger partial charge in [-0.05, 0) is 25.0 Å². The fourth-order valence-corrected chi connectivity index (χ4v) is 2.12. The van der Waals surface area contributed by atoms with Crippen LogP contribution in [0.25, 0.3) is 0 Å². The lowest BCUT2D eigenvalue weighted by molar-refractivity contribution is -0.149. The Morgan fingerprint density at radius 1 is 1.37 bits per heavy atom. The lowest BCUT2D eigenvalue weighted by atomic mass is 10.2. The minimum Gasteiger partial charge on any atom is -0.504 e. The molecule has 1 amide bonds.